The van der Waals surface area contributed by atoms with Crippen molar-refractivity contribution in [3.05, 3.63) is 0 Å². The molecule has 0 spiro atoms. The smallest absolute Gasteiger partial charge is 0.0207 e. The van der Waals surface area contributed by atoms with E-state index < -0.39 is 0 Å². The van der Waals surface area contributed by atoms with Crippen LogP contribution in [0.15, 0.2) is 0 Å². The summed E-state index contributed by atoms with van der Waals surface area (Å²) in [6.07, 6.45) is 4.02. The Balaban J connectivity index is 2.08. The molecule has 1 aliphatic rings. The highest BCUT2D eigenvalue weighted by molar-refractivity contribution is 4.80. The minimum Gasteiger partial charge on any atom is -0.312 e. The zero-order valence-corrected chi connectivity index (χ0v) is 10.1. The Morgan fingerprint density at radius 2 is 2.21 bits per heavy atom. The van der Waals surface area contributed by atoms with Gasteiger partial charge in [-0.15, -0.1) is 0 Å². The van der Waals surface area contributed by atoms with Gasteiger partial charge in [-0.05, 0) is 38.4 Å². The Morgan fingerprint density at radius 1 is 1.43 bits per heavy atom. The number of rotatable bonds is 6. The second kappa shape index (κ2) is 6.41. The summed E-state index contributed by atoms with van der Waals surface area (Å²) in [6, 6.07) is 0.759. The summed E-state index contributed by atoms with van der Waals surface area (Å²) in [5.41, 5.74) is 0. The van der Waals surface area contributed by atoms with Gasteiger partial charge in [-0.1, -0.05) is 27.2 Å². The summed E-state index contributed by atoms with van der Waals surface area (Å²) >= 11 is 0. The minimum absolute atomic E-state index is 0.759. The molecule has 0 aliphatic carbocycles. The monoisotopic (exact) mass is 198 g/mol. The van der Waals surface area contributed by atoms with Crippen LogP contribution >= 0.6 is 0 Å². The van der Waals surface area contributed by atoms with E-state index in [0.717, 1.165) is 12.0 Å². The maximum Gasteiger partial charge on any atom is 0.0207 e. The van der Waals surface area contributed by atoms with Crippen molar-refractivity contribution in [2.75, 3.05) is 26.2 Å². The molecular formula is C12H26N2. The van der Waals surface area contributed by atoms with E-state index in [1.165, 1.54) is 45.4 Å². The van der Waals surface area contributed by atoms with Crippen LogP contribution in [0.5, 0.6) is 0 Å². The number of hydrogen-bond donors (Lipinski definition) is 1. The molecule has 0 amide bonds. The van der Waals surface area contributed by atoms with E-state index in [0.29, 0.717) is 0 Å². The molecule has 0 radical (unpaired) electrons. The Bertz CT molecular complexity index is 145. The zero-order chi connectivity index (χ0) is 10.4. The van der Waals surface area contributed by atoms with Crippen LogP contribution in [0.1, 0.15) is 40.0 Å². The van der Waals surface area contributed by atoms with Gasteiger partial charge in [-0.2, -0.15) is 0 Å². The molecule has 0 aromatic heterocycles. The first-order valence-corrected chi connectivity index (χ1v) is 6.18. The summed E-state index contributed by atoms with van der Waals surface area (Å²) in [7, 11) is 0. The molecular weight excluding hydrogens is 172 g/mol. The van der Waals surface area contributed by atoms with E-state index in [-0.39, 0.29) is 0 Å². The lowest BCUT2D eigenvalue weighted by atomic mass is 10.2. The van der Waals surface area contributed by atoms with Gasteiger partial charge >= 0.3 is 0 Å². The molecule has 1 unspecified atom stereocenters. The average molecular weight is 198 g/mol. The highest BCUT2D eigenvalue weighted by Gasteiger charge is 2.20. The molecule has 1 rings (SSSR count). The van der Waals surface area contributed by atoms with Gasteiger partial charge in [0.1, 0.15) is 0 Å². The van der Waals surface area contributed by atoms with Crippen molar-refractivity contribution >= 4 is 0 Å². The first-order chi connectivity index (χ1) is 6.72. The first kappa shape index (κ1) is 12.0. The molecule has 0 bridgehead atoms. The third-order valence-corrected chi connectivity index (χ3v) is 2.92. The van der Waals surface area contributed by atoms with Gasteiger partial charge in [-0.25, -0.2) is 0 Å². The second-order valence-electron chi connectivity index (χ2n) is 4.94. The topological polar surface area (TPSA) is 15.3 Å². The lowest BCUT2D eigenvalue weighted by Gasteiger charge is -2.17. The fourth-order valence-electron chi connectivity index (χ4n) is 1.99. The van der Waals surface area contributed by atoms with Gasteiger partial charge < -0.3 is 10.2 Å². The van der Waals surface area contributed by atoms with Crippen molar-refractivity contribution in [1.82, 2.24) is 10.2 Å². The van der Waals surface area contributed by atoms with Gasteiger partial charge in [0.15, 0.2) is 0 Å². The molecule has 2 heteroatoms. The fourth-order valence-corrected chi connectivity index (χ4v) is 1.99. The maximum atomic E-state index is 3.65. The normalized spacial score (nSPS) is 23.6. The van der Waals surface area contributed by atoms with Crippen LogP contribution in [0.25, 0.3) is 0 Å². The third-order valence-electron chi connectivity index (χ3n) is 2.92. The predicted octanol–water partition coefficient (Wildman–Crippen LogP) is 2.11. The van der Waals surface area contributed by atoms with E-state index in [1.807, 2.05) is 0 Å². The molecule has 1 fully saturated rings. The first-order valence-electron chi connectivity index (χ1n) is 6.18. The van der Waals surface area contributed by atoms with Gasteiger partial charge in [0.05, 0.1) is 0 Å². The van der Waals surface area contributed by atoms with Crippen LogP contribution in [-0.2, 0) is 0 Å². The molecule has 1 N–H and O–H groups in total. The number of hydrogen-bond acceptors (Lipinski definition) is 2. The second-order valence-corrected chi connectivity index (χ2v) is 4.94. The van der Waals surface area contributed by atoms with E-state index in [1.54, 1.807) is 0 Å². The van der Waals surface area contributed by atoms with E-state index in [4.69, 9.17) is 0 Å². The lowest BCUT2D eigenvalue weighted by Crippen LogP contribution is -2.35. The summed E-state index contributed by atoms with van der Waals surface area (Å²) in [5, 5.41) is 3.65. The van der Waals surface area contributed by atoms with Crippen LogP contribution in [0.4, 0.5) is 0 Å². The molecule has 14 heavy (non-hydrogen) atoms. The van der Waals surface area contributed by atoms with Crippen molar-refractivity contribution in [2.24, 2.45) is 5.92 Å². The molecule has 1 atom stereocenters. The van der Waals surface area contributed by atoms with E-state index in [9.17, 15) is 0 Å². The Morgan fingerprint density at radius 3 is 2.86 bits per heavy atom. The predicted molar refractivity (Wildman–Crippen MR) is 62.6 cm³/mol. The summed E-state index contributed by atoms with van der Waals surface area (Å²) < 4.78 is 0. The van der Waals surface area contributed by atoms with Crippen molar-refractivity contribution in [3.63, 3.8) is 0 Å². The Kier molecular flexibility index (Phi) is 5.49. The van der Waals surface area contributed by atoms with Crippen LogP contribution < -0.4 is 5.32 Å². The molecule has 84 valence electrons. The molecule has 1 heterocycles. The molecule has 0 saturated carbocycles. The van der Waals surface area contributed by atoms with Crippen LogP contribution in [0, 0.1) is 5.92 Å². The Hall–Kier alpha value is -0.0800. The van der Waals surface area contributed by atoms with E-state index in [2.05, 4.69) is 31.0 Å². The number of nitrogens with zero attached hydrogens (tertiary/aromatic N) is 1. The van der Waals surface area contributed by atoms with Gasteiger partial charge in [0, 0.05) is 12.6 Å². The quantitative estimate of drug-likeness (QED) is 0.703. The lowest BCUT2D eigenvalue weighted by molar-refractivity contribution is 0.320. The molecule has 1 saturated heterocycles. The van der Waals surface area contributed by atoms with E-state index >= 15 is 0 Å². The number of unbranched alkanes of at least 4 members (excludes halogenated alkanes) is 1. The van der Waals surface area contributed by atoms with Crippen LogP contribution in [0.3, 0.4) is 0 Å². The summed E-state index contributed by atoms with van der Waals surface area (Å²) in [5.74, 6) is 0.777. The highest BCUT2D eigenvalue weighted by atomic mass is 15.2. The fraction of sp³-hybridized carbons (Fsp3) is 1.00. The maximum absolute atomic E-state index is 3.65. The SMILES string of the molecule is CCCCN1CCC(NCC(C)C)C1. The summed E-state index contributed by atoms with van der Waals surface area (Å²) in [4.78, 5) is 2.60. The van der Waals surface area contributed by atoms with Gasteiger partial charge in [0.25, 0.3) is 0 Å². The van der Waals surface area contributed by atoms with Gasteiger partial charge in [0.2, 0.25) is 0 Å². The number of likely N-dealkylation sites (tertiary alicyclic amines) is 1. The van der Waals surface area contributed by atoms with Crippen molar-refractivity contribution < 1.29 is 0 Å². The Labute approximate surface area is 89.1 Å². The highest BCUT2D eigenvalue weighted by Crippen LogP contribution is 2.10. The zero-order valence-electron chi connectivity index (χ0n) is 10.1. The van der Waals surface area contributed by atoms with Gasteiger partial charge in [-0.3, -0.25) is 0 Å². The molecule has 0 aromatic carbocycles. The number of nitrogens with one attached hydrogen (secondary N) is 1. The van der Waals surface area contributed by atoms with Crippen LogP contribution in [-0.4, -0.2) is 37.1 Å². The van der Waals surface area contributed by atoms with Crippen molar-refractivity contribution in [1.29, 1.82) is 0 Å². The average Bonchev–Trinajstić information content (AvgIpc) is 2.59. The third kappa shape index (κ3) is 4.43. The molecule has 2 nitrogen and oxygen atoms in total. The molecule has 0 aromatic rings. The summed E-state index contributed by atoms with van der Waals surface area (Å²) in [6.45, 7) is 11.9. The minimum atomic E-state index is 0.759. The largest absolute Gasteiger partial charge is 0.312 e. The van der Waals surface area contributed by atoms with Crippen molar-refractivity contribution in [3.8, 4) is 0 Å². The standard InChI is InChI=1S/C12H26N2/c1-4-5-7-14-8-6-12(10-14)13-9-11(2)3/h11-13H,4-10H2,1-3H3. The van der Waals surface area contributed by atoms with Crippen LogP contribution in [0.2, 0.25) is 0 Å². The molecule has 1 aliphatic heterocycles. The van der Waals surface area contributed by atoms with Crippen molar-refractivity contribution in [2.45, 2.75) is 46.1 Å².